The Morgan fingerprint density at radius 2 is 1.60 bits per heavy atom. The van der Waals surface area contributed by atoms with E-state index in [0.29, 0.717) is 12.8 Å². The lowest BCUT2D eigenvalue weighted by molar-refractivity contribution is -0.137. The minimum absolute atomic E-state index is 0.362. The first-order chi connectivity index (χ1) is 10.9. The molecule has 1 heterocycles. The van der Waals surface area contributed by atoms with Gasteiger partial charge in [0, 0.05) is 12.0 Å². The summed E-state index contributed by atoms with van der Waals surface area (Å²) in [6.07, 6.45) is -4.41. The molecule has 0 radical (unpaired) electrons. The molecule has 1 aliphatic rings. The Kier molecular flexibility index (Phi) is 6.26. The van der Waals surface area contributed by atoms with Crippen molar-refractivity contribution in [2.24, 2.45) is 0 Å². The van der Waals surface area contributed by atoms with Gasteiger partial charge in [0.15, 0.2) is 0 Å². The number of rotatable bonds is 8. The molecule has 1 fully saturated rings. The minimum Gasteiger partial charge on any atom is -0.429 e. The normalized spacial score (nSPS) is 33.2. The summed E-state index contributed by atoms with van der Waals surface area (Å²) in [6, 6.07) is 0. The van der Waals surface area contributed by atoms with Crippen LogP contribution in [0.3, 0.4) is 0 Å². The van der Waals surface area contributed by atoms with Crippen LogP contribution in [0.15, 0.2) is 0 Å². The van der Waals surface area contributed by atoms with Crippen molar-refractivity contribution in [2.75, 3.05) is 0 Å². The highest BCUT2D eigenvalue weighted by molar-refractivity contribution is 6.90. The molecule has 10 heteroatoms. The van der Waals surface area contributed by atoms with Crippen LogP contribution in [0.1, 0.15) is 40.0 Å². The van der Waals surface area contributed by atoms with Crippen molar-refractivity contribution in [2.45, 2.75) is 94.9 Å². The molecule has 0 aliphatic carbocycles. The molecule has 4 nitrogen and oxygen atoms in total. The van der Waals surface area contributed by atoms with Gasteiger partial charge >= 0.3 is 14.7 Å². The molecule has 1 rings (SSSR count). The molecule has 0 amide bonds. The Bertz CT molecular complexity index is 492. The number of alkyl halides is 3. The van der Waals surface area contributed by atoms with Crippen molar-refractivity contribution in [3.8, 4) is 0 Å². The summed E-state index contributed by atoms with van der Waals surface area (Å²) in [5.41, 5.74) is -0.772. The summed E-state index contributed by atoms with van der Waals surface area (Å²) in [7, 11) is -8.83. The van der Waals surface area contributed by atoms with E-state index in [2.05, 4.69) is 0 Å². The first kappa shape index (κ1) is 23.3. The van der Waals surface area contributed by atoms with Crippen LogP contribution in [0.25, 0.3) is 0 Å². The van der Waals surface area contributed by atoms with Gasteiger partial charge in [0.1, 0.15) is 0 Å². The fraction of sp³-hybridized carbons (Fsp3) is 1.00. The van der Waals surface area contributed by atoms with E-state index >= 15 is 0 Å². The fourth-order valence-corrected chi connectivity index (χ4v) is 14.4. The maximum absolute atomic E-state index is 13.2. The second-order valence-corrected chi connectivity index (χ2v) is 19.8. The largest absolute Gasteiger partial charge is 0.429 e. The molecule has 1 aliphatic heterocycles. The zero-order valence-corrected chi connectivity index (χ0v) is 19.5. The molecule has 0 saturated carbocycles. The standard InChI is InChI=1S/C15H33F3O4Si3/c1-9-13(3,23(4,5)19)21-25(8)12(11-15(16,17)18)14(25,10-2)22-24(6,7)20/h12,19-20H,9-11H2,1-8H3. The molecular formula is C15H33F3O4Si3. The van der Waals surface area contributed by atoms with Crippen molar-refractivity contribution in [3.05, 3.63) is 0 Å². The molecule has 2 N–H and O–H groups in total. The smallest absolute Gasteiger partial charge is 0.389 e. The van der Waals surface area contributed by atoms with E-state index in [1.807, 2.05) is 6.92 Å². The molecule has 4 unspecified atom stereocenters. The predicted molar refractivity (Wildman–Crippen MR) is 99.3 cm³/mol. The minimum atomic E-state index is -4.32. The maximum atomic E-state index is 13.2. The quantitative estimate of drug-likeness (QED) is 0.580. The van der Waals surface area contributed by atoms with E-state index in [9.17, 15) is 22.8 Å². The molecule has 1 saturated heterocycles. The monoisotopic (exact) mass is 418 g/mol. The zero-order chi connectivity index (χ0) is 20.1. The average Bonchev–Trinajstić information content (AvgIpc) is 2.82. The lowest BCUT2D eigenvalue weighted by atomic mass is 10.1. The Labute approximate surface area is 152 Å². The lowest BCUT2D eigenvalue weighted by Crippen LogP contribution is -2.58. The molecule has 25 heavy (non-hydrogen) atoms. The summed E-state index contributed by atoms with van der Waals surface area (Å²) < 4.78 is 51.8. The van der Waals surface area contributed by atoms with Crippen LogP contribution in [-0.4, -0.2) is 51.4 Å². The second kappa shape index (κ2) is 6.71. The third kappa shape index (κ3) is 4.58. The molecule has 0 spiro atoms. The molecule has 150 valence electrons. The third-order valence-electron chi connectivity index (χ3n) is 5.78. The van der Waals surface area contributed by atoms with Crippen LogP contribution in [0, 0.1) is 0 Å². The van der Waals surface area contributed by atoms with Gasteiger partial charge < -0.3 is 18.4 Å². The van der Waals surface area contributed by atoms with Gasteiger partial charge in [-0.1, -0.05) is 13.8 Å². The molecule has 0 aromatic carbocycles. The van der Waals surface area contributed by atoms with Gasteiger partial charge in [-0.15, -0.1) is 0 Å². The highest BCUT2D eigenvalue weighted by Gasteiger charge is 2.81. The third-order valence-corrected chi connectivity index (χ3v) is 15.1. The van der Waals surface area contributed by atoms with Gasteiger partial charge in [-0.25, -0.2) is 0 Å². The van der Waals surface area contributed by atoms with Crippen LogP contribution in [-0.2, 0) is 8.85 Å². The van der Waals surface area contributed by atoms with Crippen molar-refractivity contribution < 1.29 is 31.6 Å². The highest BCUT2D eigenvalue weighted by atomic mass is 28.4. The van der Waals surface area contributed by atoms with Crippen molar-refractivity contribution >= 4 is 25.2 Å². The number of hydrogen-bond donors (Lipinski definition) is 2. The lowest BCUT2D eigenvalue weighted by Gasteiger charge is -2.42. The van der Waals surface area contributed by atoms with Gasteiger partial charge in [0.25, 0.3) is 0 Å². The van der Waals surface area contributed by atoms with Gasteiger partial charge in [0.05, 0.1) is 10.4 Å². The second-order valence-electron chi connectivity index (χ2n) is 8.52. The van der Waals surface area contributed by atoms with Crippen LogP contribution in [0.4, 0.5) is 13.2 Å². The van der Waals surface area contributed by atoms with Gasteiger partial charge in [-0.3, -0.25) is 0 Å². The Hall–Kier alpha value is 0.281. The van der Waals surface area contributed by atoms with Crippen LogP contribution in [0.2, 0.25) is 38.3 Å². The van der Waals surface area contributed by atoms with E-state index in [0.717, 1.165) is 0 Å². The van der Waals surface area contributed by atoms with Gasteiger partial charge in [0.2, 0.25) is 16.6 Å². The number of halogens is 3. The van der Waals surface area contributed by atoms with E-state index < -0.39 is 53.8 Å². The van der Waals surface area contributed by atoms with Gasteiger partial charge in [-0.05, 0) is 52.5 Å². The average molecular weight is 419 g/mol. The van der Waals surface area contributed by atoms with E-state index in [1.165, 1.54) is 0 Å². The van der Waals surface area contributed by atoms with Crippen LogP contribution >= 0.6 is 0 Å². The van der Waals surface area contributed by atoms with E-state index in [1.54, 1.807) is 46.6 Å². The Balaban J connectivity index is 3.30. The van der Waals surface area contributed by atoms with Crippen molar-refractivity contribution in [3.63, 3.8) is 0 Å². The maximum Gasteiger partial charge on any atom is 0.389 e. The SMILES string of the molecule is CCC(C)(O[Si]1(C)C(CC(F)(F)F)C1(CC)O[Si](C)(C)O)[Si](C)(C)O. The molecule has 0 bridgehead atoms. The Morgan fingerprint density at radius 1 is 1.12 bits per heavy atom. The van der Waals surface area contributed by atoms with Gasteiger partial charge in [-0.2, -0.15) is 13.2 Å². The topological polar surface area (TPSA) is 58.9 Å². The Morgan fingerprint density at radius 3 is 1.88 bits per heavy atom. The molecule has 0 aromatic rings. The summed E-state index contributed by atoms with van der Waals surface area (Å²) >= 11 is 0. The summed E-state index contributed by atoms with van der Waals surface area (Å²) in [4.78, 5) is 20.9. The first-order valence-electron chi connectivity index (χ1n) is 8.79. The van der Waals surface area contributed by atoms with Crippen LogP contribution in [0.5, 0.6) is 0 Å². The predicted octanol–water partition coefficient (Wildman–Crippen LogP) is 4.22. The summed E-state index contributed by atoms with van der Waals surface area (Å²) in [6.45, 7) is 13.8. The molecule has 4 atom stereocenters. The van der Waals surface area contributed by atoms with Crippen molar-refractivity contribution in [1.29, 1.82) is 0 Å². The van der Waals surface area contributed by atoms with Crippen molar-refractivity contribution in [1.82, 2.24) is 0 Å². The highest BCUT2D eigenvalue weighted by Crippen LogP contribution is 2.67. The number of hydrogen-bond acceptors (Lipinski definition) is 4. The molecule has 0 aromatic heterocycles. The fourth-order valence-electron chi connectivity index (χ4n) is 3.86. The summed E-state index contributed by atoms with van der Waals surface area (Å²) in [5.74, 6) is 0. The van der Waals surface area contributed by atoms with E-state index in [4.69, 9.17) is 8.85 Å². The molecular weight excluding hydrogens is 385 g/mol. The van der Waals surface area contributed by atoms with Crippen LogP contribution < -0.4 is 0 Å². The first-order valence-corrected chi connectivity index (χ1v) is 17.1. The zero-order valence-electron chi connectivity index (χ0n) is 16.5. The van der Waals surface area contributed by atoms with E-state index in [-0.39, 0.29) is 0 Å². The summed E-state index contributed by atoms with van der Waals surface area (Å²) in [5, 5.41) is -1.90.